The molecule has 1 N–H and O–H groups in total. The topological polar surface area (TPSA) is 91.8 Å². The maximum Gasteiger partial charge on any atom is 0.408 e. The van der Waals surface area contributed by atoms with E-state index in [2.05, 4.69) is 4.90 Å². The Hall–Kier alpha value is -3.92. The van der Waals surface area contributed by atoms with Crippen LogP contribution in [0.2, 0.25) is 0 Å². The maximum absolute atomic E-state index is 13.2. The molecule has 0 spiro atoms. The van der Waals surface area contributed by atoms with Crippen molar-refractivity contribution in [3.63, 3.8) is 0 Å². The predicted molar refractivity (Wildman–Crippen MR) is 178 cm³/mol. The van der Waals surface area contributed by atoms with E-state index in [1.807, 2.05) is 83.8 Å². The molecular formula is C38H45N3O6. The summed E-state index contributed by atoms with van der Waals surface area (Å²) in [7, 11) is 0. The van der Waals surface area contributed by atoms with Crippen LogP contribution in [-0.4, -0.2) is 96.7 Å². The normalized spacial score (nSPS) is 23.8. The highest BCUT2D eigenvalue weighted by Gasteiger charge is 2.43. The highest BCUT2D eigenvalue weighted by molar-refractivity contribution is 5.94. The molecule has 5 fully saturated rings. The van der Waals surface area contributed by atoms with Gasteiger partial charge in [-0.05, 0) is 91.6 Å². The molecular weight excluding hydrogens is 594 g/mol. The molecule has 2 bridgehead atoms. The van der Waals surface area contributed by atoms with Gasteiger partial charge in [0.15, 0.2) is 6.29 Å². The number of ether oxygens (including phenoxy) is 3. The van der Waals surface area contributed by atoms with Crippen LogP contribution in [-0.2, 0) is 15.9 Å². The lowest BCUT2D eigenvalue weighted by Gasteiger charge is -2.50. The fraction of sp³-hybridized carbons (Fsp3) is 0.474. The van der Waals surface area contributed by atoms with Crippen molar-refractivity contribution in [1.82, 2.24) is 14.7 Å². The summed E-state index contributed by atoms with van der Waals surface area (Å²) in [5.74, 6) is 1.53. The van der Waals surface area contributed by atoms with Crippen LogP contribution in [0.3, 0.4) is 0 Å². The van der Waals surface area contributed by atoms with Gasteiger partial charge in [-0.1, -0.05) is 54.6 Å². The van der Waals surface area contributed by atoms with Crippen LogP contribution in [0.4, 0.5) is 4.79 Å². The number of likely N-dealkylation sites (tertiary alicyclic amines) is 1. The van der Waals surface area contributed by atoms with E-state index in [-0.39, 0.29) is 18.2 Å². The monoisotopic (exact) mass is 639 g/mol. The molecule has 0 aliphatic carbocycles. The third-order valence-electron chi connectivity index (χ3n) is 10.4. The third kappa shape index (κ3) is 7.32. The fourth-order valence-electron chi connectivity index (χ4n) is 7.82. The van der Waals surface area contributed by atoms with Gasteiger partial charge in [0.2, 0.25) is 0 Å². The van der Waals surface area contributed by atoms with E-state index >= 15 is 0 Å². The van der Waals surface area contributed by atoms with Crippen molar-refractivity contribution in [2.75, 3.05) is 52.5 Å². The second-order valence-electron chi connectivity index (χ2n) is 13.4. The Morgan fingerprint density at radius 1 is 0.851 bits per heavy atom. The zero-order chi connectivity index (χ0) is 32.2. The first-order valence-corrected chi connectivity index (χ1v) is 17.1. The minimum Gasteiger partial charge on any atom is -0.493 e. The largest absolute Gasteiger partial charge is 0.493 e. The van der Waals surface area contributed by atoms with Crippen molar-refractivity contribution < 1.29 is 28.9 Å². The van der Waals surface area contributed by atoms with Gasteiger partial charge in [-0.15, -0.1) is 0 Å². The van der Waals surface area contributed by atoms with E-state index in [1.54, 1.807) is 4.90 Å². The summed E-state index contributed by atoms with van der Waals surface area (Å²) in [5, 5.41) is 10.6. The lowest BCUT2D eigenvalue weighted by Crippen LogP contribution is -2.59. The summed E-state index contributed by atoms with van der Waals surface area (Å²) in [6.45, 7) is 6.12. The van der Waals surface area contributed by atoms with Gasteiger partial charge in [-0.25, -0.2) is 4.79 Å². The quantitative estimate of drug-likeness (QED) is 0.305. The van der Waals surface area contributed by atoms with Crippen LogP contribution < -0.4 is 4.74 Å². The highest BCUT2D eigenvalue weighted by atomic mass is 16.7. The zero-order valence-electron chi connectivity index (χ0n) is 26.9. The van der Waals surface area contributed by atoms with Crippen molar-refractivity contribution >= 4 is 12.0 Å². The fourth-order valence-corrected chi connectivity index (χ4v) is 7.82. The molecule has 2 atom stereocenters. The first kappa shape index (κ1) is 31.7. The van der Waals surface area contributed by atoms with Crippen molar-refractivity contribution in [2.24, 2.45) is 11.8 Å². The van der Waals surface area contributed by atoms with E-state index < -0.39 is 12.1 Å². The number of benzene rings is 3. The van der Waals surface area contributed by atoms with Gasteiger partial charge in [0.05, 0.1) is 31.9 Å². The van der Waals surface area contributed by atoms with Crippen LogP contribution in [0, 0.1) is 11.8 Å². The smallest absolute Gasteiger partial charge is 0.408 e. The number of piperidine rings is 4. The van der Waals surface area contributed by atoms with Crippen LogP contribution in [0.25, 0.3) is 0 Å². The van der Waals surface area contributed by atoms with Gasteiger partial charge >= 0.3 is 6.09 Å². The first-order chi connectivity index (χ1) is 23.0. The number of nitrogens with zero attached hydrogens (tertiary/aromatic N) is 3. The van der Waals surface area contributed by atoms with Crippen molar-refractivity contribution in [2.45, 2.75) is 50.5 Å². The number of amides is 2. The molecule has 0 radical (unpaired) electrons. The van der Waals surface area contributed by atoms with Crippen LogP contribution >= 0.6 is 0 Å². The maximum atomic E-state index is 13.2. The average Bonchev–Trinajstić information content (AvgIpc) is 3.64. The molecule has 5 heterocycles. The Kier molecular flexibility index (Phi) is 9.74. The van der Waals surface area contributed by atoms with Gasteiger partial charge in [0.25, 0.3) is 5.91 Å². The molecule has 1 unspecified atom stereocenters. The summed E-state index contributed by atoms with van der Waals surface area (Å²) in [6.07, 6.45) is 3.45. The van der Waals surface area contributed by atoms with Gasteiger partial charge in [0.1, 0.15) is 5.75 Å². The molecule has 5 aliphatic heterocycles. The lowest BCUT2D eigenvalue weighted by molar-refractivity contribution is -0.0400. The zero-order valence-corrected chi connectivity index (χ0v) is 26.9. The van der Waals surface area contributed by atoms with E-state index in [1.165, 1.54) is 0 Å². The van der Waals surface area contributed by atoms with Gasteiger partial charge < -0.3 is 29.1 Å². The number of carbonyl (C=O) groups excluding carboxylic acids is 1. The molecule has 3 aromatic rings. The molecule has 248 valence electrons. The molecule has 3 aromatic carbocycles. The number of carbonyl (C=O) groups is 2. The van der Waals surface area contributed by atoms with E-state index in [0.717, 1.165) is 67.8 Å². The Morgan fingerprint density at radius 2 is 1.55 bits per heavy atom. The van der Waals surface area contributed by atoms with Crippen molar-refractivity contribution in [1.29, 1.82) is 0 Å². The second kappa shape index (κ2) is 14.5. The van der Waals surface area contributed by atoms with Gasteiger partial charge in [-0.2, -0.15) is 0 Å². The number of carboxylic acid groups (broad SMARTS) is 1. The molecule has 47 heavy (non-hydrogen) atoms. The molecule has 5 saturated heterocycles. The minimum absolute atomic E-state index is 0.0447. The highest BCUT2D eigenvalue weighted by Crippen LogP contribution is 2.39. The predicted octanol–water partition coefficient (Wildman–Crippen LogP) is 5.70. The number of rotatable bonds is 10. The van der Waals surface area contributed by atoms with Crippen LogP contribution in [0.15, 0.2) is 78.9 Å². The number of fused-ring (bicyclic) bond motifs is 3. The summed E-state index contributed by atoms with van der Waals surface area (Å²) < 4.78 is 17.4. The summed E-state index contributed by atoms with van der Waals surface area (Å²) in [6, 6.07) is 25.3. The molecule has 8 rings (SSSR count). The Bertz CT molecular complexity index is 1500. The van der Waals surface area contributed by atoms with Crippen molar-refractivity contribution in [3.8, 4) is 5.75 Å². The van der Waals surface area contributed by atoms with Crippen LogP contribution in [0.5, 0.6) is 5.75 Å². The second-order valence-corrected chi connectivity index (χ2v) is 13.4. The molecule has 2 amide bonds. The first-order valence-electron chi connectivity index (χ1n) is 17.1. The van der Waals surface area contributed by atoms with Crippen LogP contribution in [0.1, 0.15) is 58.8 Å². The summed E-state index contributed by atoms with van der Waals surface area (Å²) >= 11 is 0. The Labute approximate surface area is 277 Å². The van der Waals surface area contributed by atoms with Gasteiger partial charge in [0, 0.05) is 31.6 Å². The molecule has 9 nitrogen and oxygen atoms in total. The third-order valence-corrected chi connectivity index (χ3v) is 10.4. The molecule has 0 saturated carbocycles. The average molecular weight is 640 g/mol. The number of hydrogen-bond acceptors (Lipinski definition) is 6. The van der Waals surface area contributed by atoms with E-state index in [4.69, 9.17) is 14.2 Å². The van der Waals surface area contributed by atoms with E-state index in [0.29, 0.717) is 56.7 Å². The Morgan fingerprint density at radius 3 is 2.21 bits per heavy atom. The van der Waals surface area contributed by atoms with Crippen molar-refractivity contribution in [3.05, 3.63) is 101 Å². The standard InChI is InChI=1S/C38H45N3O6/c42-37(31-11-9-27(10-12-31)23-35-45-21-22-46-35)40-19-13-28(14-20-40)26-47-33-8-4-7-32(24-33)36(30-5-2-1-3-6-30)41(38(43)44)34-25-39-17-15-29(34)16-18-39/h1-12,24,28-29,34-36H,13-23,25-26H2,(H,43,44)/t34?,36-/m0/s1. The Balaban J connectivity index is 0.978. The minimum atomic E-state index is -0.880. The summed E-state index contributed by atoms with van der Waals surface area (Å²) in [5.41, 5.74) is 3.68. The molecule has 9 heteroatoms. The lowest BCUT2D eigenvalue weighted by atomic mass is 9.81. The molecule has 5 aliphatic rings. The molecule has 0 aromatic heterocycles. The van der Waals surface area contributed by atoms with E-state index in [9.17, 15) is 14.7 Å². The summed E-state index contributed by atoms with van der Waals surface area (Å²) in [4.78, 5) is 32.2. The SMILES string of the molecule is O=C(c1ccc(CC2OCCO2)cc1)N1CCC(COc2cccc([C@H](c3ccccc3)N(C(=O)O)C3CN4CCC3CC4)c2)CC1. The number of hydrogen-bond donors (Lipinski definition) is 1. The van der Waals surface area contributed by atoms with Gasteiger partial charge in [-0.3, -0.25) is 9.69 Å².